The molecule has 0 fully saturated rings. The van der Waals surface area contributed by atoms with Gasteiger partial charge in [-0.15, -0.1) is 0 Å². The fourth-order valence-electron chi connectivity index (χ4n) is 2.45. The Bertz CT molecular complexity index is 795. The predicted molar refractivity (Wildman–Crippen MR) is 88.0 cm³/mol. The molecule has 3 N–H and O–H groups in total. The zero-order valence-electron chi connectivity index (χ0n) is 11.6. The van der Waals surface area contributed by atoms with Crippen molar-refractivity contribution < 1.29 is 5.11 Å². The number of nitrogens with zero attached hydrogens (tertiary/aromatic N) is 2. The molecule has 21 heavy (non-hydrogen) atoms. The quantitative estimate of drug-likeness (QED) is 0.714. The van der Waals surface area contributed by atoms with Crippen LogP contribution in [0.3, 0.4) is 0 Å². The second-order valence-corrected chi connectivity index (χ2v) is 5.93. The van der Waals surface area contributed by atoms with Crippen LogP contribution in [0.4, 0.5) is 5.69 Å². The van der Waals surface area contributed by atoms with Gasteiger partial charge in [-0.05, 0) is 36.8 Å². The minimum absolute atomic E-state index is 0.638. The third-order valence-electron chi connectivity index (χ3n) is 3.46. The van der Waals surface area contributed by atoms with Gasteiger partial charge in [0.25, 0.3) is 0 Å². The fourth-order valence-corrected chi connectivity index (χ4v) is 2.86. The molecule has 0 bridgehead atoms. The topological polar surface area (TPSA) is 64.1 Å². The number of aliphatic hydroxyl groups excluding tert-OH is 1. The molecule has 1 unspecified atom stereocenters. The van der Waals surface area contributed by atoms with Crippen molar-refractivity contribution in [3.8, 4) is 0 Å². The van der Waals surface area contributed by atoms with Crippen molar-refractivity contribution in [2.75, 3.05) is 5.73 Å². The molecule has 108 valence electrons. The first kappa shape index (κ1) is 14.1. The van der Waals surface area contributed by atoms with Gasteiger partial charge in [-0.1, -0.05) is 34.1 Å². The van der Waals surface area contributed by atoms with Gasteiger partial charge in [-0.3, -0.25) is 0 Å². The van der Waals surface area contributed by atoms with Crippen LogP contribution in [0.5, 0.6) is 0 Å². The highest BCUT2D eigenvalue weighted by atomic mass is 79.9. The second kappa shape index (κ2) is 5.50. The van der Waals surface area contributed by atoms with Crippen LogP contribution in [-0.2, 0) is 6.54 Å². The molecule has 5 heteroatoms. The van der Waals surface area contributed by atoms with Crippen LogP contribution in [0, 0.1) is 0 Å². The summed E-state index contributed by atoms with van der Waals surface area (Å²) in [6.07, 6.45) is -0.638. The Morgan fingerprint density at radius 3 is 2.76 bits per heavy atom. The van der Waals surface area contributed by atoms with Crippen LogP contribution < -0.4 is 5.73 Å². The van der Waals surface area contributed by atoms with Crippen LogP contribution in [0.2, 0.25) is 0 Å². The SMILES string of the molecule is CC(O)c1nc2cc(N)ccc2n1Cc1ccccc1Br. The van der Waals surface area contributed by atoms with Crippen molar-refractivity contribution in [2.45, 2.75) is 19.6 Å². The first-order chi connectivity index (χ1) is 10.1. The van der Waals surface area contributed by atoms with E-state index in [0.29, 0.717) is 18.1 Å². The Hall–Kier alpha value is -1.85. The Morgan fingerprint density at radius 2 is 2.05 bits per heavy atom. The summed E-state index contributed by atoms with van der Waals surface area (Å²) in [6, 6.07) is 13.7. The van der Waals surface area contributed by atoms with Gasteiger partial charge in [0.1, 0.15) is 11.9 Å². The average molecular weight is 346 g/mol. The molecule has 4 nitrogen and oxygen atoms in total. The highest BCUT2D eigenvalue weighted by Crippen LogP contribution is 2.25. The largest absolute Gasteiger partial charge is 0.399 e. The molecule has 0 saturated carbocycles. The van der Waals surface area contributed by atoms with Crippen molar-refractivity contribution >= 4 is 32.7 Å². The number of nitrogen functional groups attached to an aromatic ring is 1. The summed E-state index contributed by atoms with van der Waals surface area (Å²) in [7, 11) is 0. The minimum atomic E-state index is -0.638. The van der Waals surface area contributed by atoms with Gasteiger partial charge in [-0.25, -0.2) is 4.98 Å². The summed E-state index contributed by atoms with van der Waals surface area (Å²) in [5, 5.41) is 10.00. The number of nitrogens with two attached hydrogens (primary N) is 1. The average Bonchev–Trinajstić information content (AvgIpc) is 2.79. The van der Waals surface area contributed by atoms with Gasteiger partial charge in [0.05, 0.1) is 17.6 Å². The molecule has 0 aliphatic rings. The lowest BCUT2D eigenvalue weighted by atomic mass is 10.2. The zero-order valence-corrected chi connectivity index (χ0v) is 13.2. The van der Waals surface area contributed by atoms with E-state index in [1.54, 1.807) is 6.92 Å². The summed E-state index contributed by atoms with van der Waals surface area (Å²) in [6.45, 7) is 2.36. The Morgan fingerprint density at radius 1 is 1.29 bits per heavy atom. The number of aliphatic hydroxyl groups is 1. The lowest BCUT2D eigenvalue weighted by Gasteiger charge is -2.12. The lowest BCUT2D eigenvalue weighted by molar-refractivity contribution is 0.185. The van der Waals surface area contributed by atoms with Gasteiger partial charge >= 0.3 is 0 Å². The van der Waals surface area contributed by atoms with E-state index < -0.39 is 6.10 Å². The van der Waals surface area contributed by atoms with E-state index in [9.17, 15) is 5.11 Å². The van der Waals surface area contributed by atoms with Crippen LogP contribution in [0.15, 0.2) is 46.9 Å². The standard InChI is InChI=1S/C16H16BrN3O/c1-10(21)16-19-14-8-12(18)6-7-15(14)20(16)9-11-4-2-3-5-13(11)17/h2-8,10,21H,9,18H2,1H3. The van der Waals surface area contributed by atoms with Crippen LogP contribution in [0.25, 0.3) is 11.0 Å². The molecule has 3 rings (SSSR count). The van der Waals surface area contributed by atoms with Crippen molar-refractivity contribution in [2.24, 2.45) is 0 Å². The zero-order chi connectivity index (χ0) is 15.0. The number of imidazole rings is 1. The van der Waals surface area contributed by atoms with E-state index in [-0.39, 0.29) is 0 Å². The minimum Gasteiger partial charge on any atom is -0.399 e. The molecule has 0 aliphatic carbocycles. The van der Waals surface area contributed by atoms with Crippen LogP contribution >= 0.6 is 15.9 Å². The summed E-state index contributed by atoms with van der Waals surface area (Å²) in [4.78, 5) is 4.52. The van der Waals surface area contributed by atoms with Gasteiger partial charge in [-0.2, -0.15) is 0 Å². The first-order valence-electron chi connectivity index (χ1n) is 6.73. The Labute approximate surface area is 131 Å². The number of aromatic nitrogens is 2. The molecule has 1 aromatic heterocycles. The Kier molecular flexibility index (Phi) is 3.69. The first-order valence-corrected chi connectivity index (χ1v) is 7.52. The normalized spacial score (nSPS) is 12.7. The molecule has 0 amide bonds. The number of hydrogen-bond acceptors (Lipinski definition) is 3. The van der Waals surface area contributed by atoms with Gasteiger partial charge in [0.15, 0.2) is 0 Å². The molecule has 1 atom stereocenters. The van der Waals surface area contributed by atoms with Gasteiger partial charge in [0.2, 0.25) is 0 Å². The molecular weight excluding hydrogens is 330 g/mol. The monoisotopic (exact) mass is 345 g/mol. The number of anilines is 1. The lowest BCUT2D eigenvalue weighted by Crippen LogP contribution is -2.08. The molecule has 2 aromatic carbocycles. The second-order valence-electron chi connectivity index (χ2n) is 5.07. The highest BCUT2D eigenvalue weighted by Gasteiger charge is 2.15. The summed E-state index contributed by atoms with van der Waals surface area (Å²) < 4.78 is 3.07. The molecule has 0 aliphatic heterocycles. The summed E-state index contributed by atoms with van der Waals surface area (Å²) >= 11 is 3.56. The molecule has 0 spiro atoms. The number of hydrogen-bond donors (Lipinski definition) is 2. The van der Waals surface area contributed by atoms with E-state index in [1.165, 1.54) is 0 Å². The highest BCUT2D eigenvalue weighted by molar-refractivity contribution is 9.10. The van der Waals surface area contributed by atoms with E-state index in [0.717, 1.165) is 21.1 Å². The van der Waals surface area contributed by atoms with Gasteiger partial charge in [0, 0.05) is 10.2 Å². The van der Waals surface area contributed by atoms with E-state index in [4.69, 9.17) is 5.73 Å². The maximum atomic E-state index is 10.00. The van der Waals surface area contributed by atoms with Crippen molar-refractivity contribution in [3.63, 3.8) is 0 Å². The summed E-state index contributed by atoms with van der Waals surface area (Å²) in [5.74, 6) is 0.645. The van der Waals surface area contributed by atoms with E-state index in [1.807, 2.05) is 41.0 Å². The van der Waals surface area contributed by atoms with Crippen molar-refractivity contribution in [3.05, 3.63) is 58.3 Å². The summed E-state index contributed by atoms with van der Waals surface area (Å²) in [5.41, 5.74) is 9.39. The maximum absolute atomic E-state index is 10.00. The van der Waals surface area contributed by atoms with Crippen LogP contribution in [-0.4, -0.2) is 14.7 Å². The molecule has 1 heterocycles. The van der Waals surface area contributed by atoms with Crippen molar-refractivity contribution in [1.29, 1.82) is 0 Å². The molecule has 3 aromatic rings. The number of rotatable bonds is 3. The van der Waals surface area contributed by atoms with E-state index >= 15 is 0 Å². The predicted octanol–water partition coefficient (Wildman–Crippen LogP) is 3.48. The van der Waals surface area contributed by atoms with E-state index in [2.05, 4.69) is 27.0 Å². The van der Waals surface area contributed by atoms with Crippen LogP contribution in [0.1, 0.15) is 24.4 Å². The maximum Gasteiger partial charge on any atom is 0.138 e. The third-order valence-corrected chi connectivity index (χ3v) is 4.24. The molecular formula is C16H16BrN3O. The smallest absolute Gasteiger partial charge is 0.138 e. The number of benzene rings is 2. The molecule has 0 radical (unpaired) electrons. The molecule has 0 saturated heterocycles. The van der Waals surface area contributed by atoms with Gasteiger partial charge < -0.3 is 15.4 Å². The number of fused-ring (bicyclic) bond motifs is 1. The van der Waals surface area contributed by atoms with Crippen molar-refractivity contribution in [1.82, 2.24) is 9.55 Å². The number of halogens is 1. The fraction of sp³-hybridized carbons (Fsp3) is 0.188. The Balaban J connectivity index is 2.16. The third kappa shape index (κ3) is 2.66.